The Balaban J connectivity index is 3.20. The van der Waals surface area contributed by atoms with Crippen LogP contribution in [-0.4, -0.2) is 25.5 Å². The van der Waals surface area contributed by atoms with E-state index in [1.54, 1.807) is 6.92 Å². The first-order valence-electron chi connectivity index (χ1n) is 6.21. The molecule has 7 heteroatoms. The van der Waals surface area contributed by atoms with E-state index in [1.807, 2.05) is 0 Å². The second-order valence-electron chi connectivity index (χ2n) is 4.67. The minimum atomic E-state index is -4.00. The van der Waals surface area contributed by atoms with E-state index in [0.717, 1.165) is 12.1 Å². The van der Waals surface area contributed by atoms with E-state index in [0.29, 0.717) is 6.42 Å². The Morgan fingerprint density at radius 2 is 1.85 bits per heavy atom. The monoisotopic (exact) mass is 303 g/mol. The van der Waals surface area contributed by atoms with Crippen LogP contribution < -0.4 is 4.72 Å². The van der Waals surface area contributed by atoms with Crippen molar-refractivity contribution in [3.63, 3.8) is 0 Å². The summed E-state index contributed by atoms with van der Waals surface area (Å²) in [6.45, 7) is 4.71. The summed E-state index contributed by atoms with van der Waals surface area (Å²) in [5.74, 6) is -1.75. The average molecular weight is 303 g/mol. The predicted octanol–water partition coefficient (Wildman–Crippen LogP) is 1.97. The molecule has 2 N–H and O–H groups in total. The first-order chi connectivity index (χ1) is 9.19. The van der Waals surface area contributed by atoms with Gasteiger partial charge in [-0.25, -0.2) is 12.8 Å². The normalized spacial score (nSPS) is 13.2. The topological polar surface area (TPSA) is 83.5 Å². The Bertz CT molecular complexity index is 590. The van der Waals surface area contributed by atoms with Crippen LogP contribution in [-0.2, 0) is 14.8 Å². The van der Waals surface area contributed by atoms with Crippen molar-refractivity contribution in [1.29, 1.82) is 0 Å². The summed E-state index contributed by atoms with van der Waals surface area (Å²) in [5, 5.41) is 9.01. The Hall–Kier alpha value is -1.47. The fraction of sp³-hybridized carbons (Fsp3) is 0.462. The minimum absolute atomic E-state index is 0.0683. The molecule has 0 radical (unpaired) electrons. The van der Waals surface area contributed by atoms with Crippen LogP contribution in [0, 0.1) is 19.7 Å². The largest absolute Gasteiger partial charge is 0.480 e. The highest BCUT2D eigenvalue weighted by molar-refractivity contribution is 7.89. The molecule has 1 atom stereocenters. The molecule has 0 bridgehead atoms. The van der Waals surface area contributed by atoms with Crippen LogP contribution in [0.5, 0.6) is 0 Å². The van der Waals surface area contributed by atoms with Crippen LogP contribution in [0.3, 0.4) is 0 Å². The number of carboxylic acids is 1. The molecule has 112 valence electrons. The molecule has 20 heavy (non-hydrogen) atoms. The van der Waals surface area contributed by atoms with Gasteiger partial charge in [-0.2, -0.15) is 4.72 Å². The van der Waals surface area contributed by atoms with Gasteiger partial charge in [0.25, 0.3) is 0 Å². The number of halogens is 1. The van der Waals surface area contributed by atoms with Crippen LogP contribution >= 0.6 is 0 Å². The van der Waals surface area contributed by atoms with Crippen molar-refractivity contribution in [2.24, 2.45) is 0 Å². The van der Waals surface area contributed by atoms with Gasteiger partial charge in [0.1, 0.15) is 11.9 Å². The van der Waals surface area contributed by atoms with Crippen LogP contribution in [0.15, 0.2) is 17.0 Å². The van der Waals surface area contributed by atoms with E-state index < -0.39 is 27.9 Å². The van der Waals surface area contributed by atoms with Crippen molar-refractivity contribution in [3.8, 4) is 0 Å². The summed E-state index contributed by atoms with van der Waals surface area (Å²) < 4.78 is 39.9. The van der Waals surface area contributed by atoms with Crippen molar-refractivity contribution in [2.75, 3.05) is 0 Å². The van der Waals surface area contributed by atoms with Gasteiger partial charge in [-0.1, -0.05) is 13.3 Å². The van der Waals surface area contributed by atoms with Crippen molar-refractivity contribution < 1.29 is 22.7 Å². The molecule has 0 aromatic heterocycles. The number of benzene rings is 1. The fourth-order valence-corrected chi connectivity index (χ4v) is 3.77. The number of aliphatic carboxylic acids is 1. The van der Waals surface area contributed by atoms with Gasteiger partial charge in [0.15, 0.2) is 0 Å². The standard InChI is InChI=1S/C13H18FNO4S/c1-4-5-11(13(16)17)15-20(18,19)12-8(2)6-10(14)7-9(12)3/h6-7,11,15H,4-5H2,1-3H3,(H,16,17)/t11-/m0/s1. The highest BCUT2D eigenvalue weighted by Gasteiger charge is 2.27. The van der Waals surface area contributed by atoms with E-state index in [-0.39, 0.29) is 22.4 Å². The molecule has 0 aliphatic carbocycles. The maximum Gasteiger partial charge on any atom is 0.321 e. The molecule has 0 spiro atoms. The lowest BCUT2D eigenvalue weighted by molar-refractivity contribution is -0.139. The van der Waals surface area contributed by atoms with Crippen molar-refractivity contribution in [1.82, 2.24) is 4.72 Å². The summed E-state index contributed by atoms with van der Waals surface area (Å²) >= 11 is 0. The highest BCUT2D eigenvalue weighted by atomic mass is 32.2. The first-order valence-corrected chi connectivity index (χ1v) is 7.69. The SMILES string of the molecule is CCC[C@H](NS(=O)(=O)c1c(C)cc(F)cc1C)C(=O)O. The molecule has 0 saturated carbocycles. The second-order valence-corrected chi connectivity index (χ2v) is 6.32. The van der Waals surface area contributed by atoms with Crippen molar-refractivity contribution >= 4 is 16.0 Å². The maximum absolute atomic E-state index is 13.2. The van der Waals surface area contributed by atoms with Gasteiger partial charge >= 0.3 is 5.97 Å². The Kier molecular flexibility index (Phi) is 5.24. The molecule has 0 heterocycles. The van der Waals surface area contributed by atoms with Gasteiger partial charge in [0, 0.05) is 0 Å². The van der Waals surface area contributed by atoms with Crippen molar-refractivity contribution in [3.05, 3.63) is 29.1 Å². The molecule has 0 unspecified atom stereocenters. The number of rotatable bonds is 6. The Morgan fingerprint density at radius 1 is 1.35 bits per heavy atom. The van der Waals surface area contributed by atoms with Crippen LogP contribution in [0.2, 0.25) is 0 Å². The molecule has 5 nitrogen and oxygen atoms in total. The van der Waals surface area contributed by atoms with Crippen LogP contribution in [0.25, 0.3) is 0 Å². The summed E-state index contributed by atoms with van der Waals surface area (Å²) in [4.78, 5) is 11.0. The molecule has 1 aromatic carbocycles. The maximum atomic E-state index is 13.2. The van der Waals surface area contributed by atoms with Gasteiger partial charge in [-0.3, -0.25) is 4.79 Å². The molecule has 1 aromatic rings. The molecular formula is C13H18FNO4S. The molecule has 0 aliphatic rings. The molecule has 0 amide bonds. The summed E-state index contributed by atoms with van der Waals surface area (Å²) in [7, 11) is -4.00. The molecule has 1 rings (SSSR count). The number of hydrogen-bond acceptors (Lipinski definition) is 3. The molecule has 0 fully saturated rings. The zero-order chi connectivity index (χ0) is 15.5. The van der Waals surface area contributed by atoms with E-state index in [9.17, 15) is 17.6 Å². The predicted molar refractivity (Wildman–Crippen MR) is 72.5 cm³/mol. The molecule has 0 aliphatic heterocycles. The number of carboxylic acid groups (broad SMARTS) is 1. The lowest BCUT2D eigenvalue weighted by Gasteiger charge is -2.16. The van der Waals surface area contributed by atoms with E-state index >= 15 is 0 Å². The van der Waals surface area contributed by atoms with Gasteiger partial charge in [-0.05, 0) is 43.5 Å². The smallest absolute Gasteiger partial charge is 0.321 e. The zero-order valence-electron chi connectivity index (χ0n) is 11.6. The second kappa shape index (κ2) is 6.32. The quantitative estimate of drug-likeness (QED) is 0.841. The highest BCUT2D eigenvalue weighted by Crippen LogP contribution is 2.21. The third-order valence-electron chi connectivity index (χ3n) is 2.87. The number of carbonyl (C=O) groups is 1. The minimum Gasteiger partial charge on any atom is -0.480 e. The molecular weight excluding hydrogens is 285 g/mol. The number of hydrogen-bond donors (Lipinski definition) is 2. The number of sulfonamides is 1. The van der Waals surface area contributed by atoms with E-state index in [4.69, 9.17) is 5.11 Å². The van der Waals surface area contributed by atoms with Crippen molar-refractivity contribution in [2.45, 2.75) is 44.6 Å². The lowest BCUT2D eigenvalue weighted by Crippen LogP contribution is -2.41. The third kappa shape index (κ3) is 3.77. The van der Waals surface area contributed by atoms with E-state index in [1.165, 1.54) is 13.8 Å². The Morgan fingerprint density at radius 3 is 2.25 bits per heavy atom. The first kappa shape index (κ1) is 16.6. The van der Waals surface area contributed by atoms with Gasteiger partial charge in [0.2, 0.25) is 10.0 Å². The number of nitrogens with one attached hydrogen (secondary N) is 1. The Labute approximate surface area is 117 Å². The third-order valence-corrected chi connectivity index (χ3v) is 4.64. The van der Waals surface area contributed by atoms with Crippen LogP contribution in [0.4, 0.5) is 4.39 Å². The van der Waals surface area contributed by atoms with Crippen LogP contribution in [0.1, 0.15) is 30.9 Å². The summed E-state index contributed by atoms with van der Waals surface area (Å²) in [6.07, 6.45) is 0.717. The fourth-order valence-electron chi connectivity index (χ4n) is 2.09. The van der Waals surface area contributed by atoms with Gasteiger partial charge in [-0.15, -0.1) is 0 Å². The number of aryl methyl sites for hydroxylation is 2. The lowest BCUT2D eigenvalue weighted by atomic mass is 10.1. The van der Waals surface area contributed by atoms with Gasteiger partial charge in [0.05, 0.1) is 4.90 Å². The average Bonchev–Trinajstić information content (AvgIpc) is 2.25. The summed E-state index contributed by atoms with van der Waals surface area (Å²) in [6, 6.07) is 1.03. The molecule has 0 saturated heterocycles. The zero-order valence-corrected chi connectivity index (χ0v) is 12.4. The van der Waals surface area contributed by atoms with Gasteiger partial charge < -0.3 is 5.11 Å². The summed E-state index contributed by atoms with van der Waals surface area (Å²) in [5.41, 5.74) is 0.492. The van der Waals surface area contributed by atoms with E-state index in [2.05, 4.69) is 4.72 Å².